The Morgan fingerprint density at radius 2 is 2.00 bits per heavy atom. The molecule has 5 rings (SSSR count). The van der Waals surface area contributed by atoms with Crippen LogP contribution < -0.4 is 15.5 Å². The number of anilines is 3. The summed E-state index contributed by atoms with van der Waals surface area (Å²) in [4.78, 5) is 24.0. The van der Waals surface area contributed by atoms with E-state index in [0.29, 0.717) is 35.7 Å². The quantitative estimate of drug-likeness (QED) is 0.453. The first-order valence-electron chi connectivity index (χ1n) is 12.8. The predicted molar refractivity (Wildman–Crippen MR) is 148 cm³/mol. The van der Waals surface area contributed by atoms with E-state index in [-0.39, 0.29) is 32.9 Å². The number of aromatic nitrogens is 2. The lowest BCUT2D eigenvalue weighted by atomic mass is 10.1. The van der Waals surface area contributed by atoms with Gasteiger partial charge >= 0.3 is 6.18 Å². The molecule has 0 saturated carbocycles. The summed E-state index contributed by atoms with van der Waals surface area (Å²) in [5.41, 5.74) is 1.04. The van der Waals surface area contributed by atoms with E-state index in [1.165, 1.54) is 11.9 Å². The van der Waals surface area contributed by atoms with E-state index in [1.807, 2.05) is 19.1 Å². The van der Waals surface area contributed by atoms with Crippen LogP contribution in [0, 0.1) is 0 Å². The van der Waals surface area contributed by atoms with Crippen molar-refractivity contribution in [3.63, 3.8) is 0 Å². The molecule has 0 spiro atoms. The highest BCUT2D eigenvalue weighted by Gasteiger charge is 2.38. The number of amides is 1. The predicted octanol–water partition coefficient (Wildman–Crippen LogP) is 4.19. The highest BCUT2D eigenvalue weighted by Crippen LogP contribution is 2.42. The first-order valence-corrected chi connectivity index (χ1v) is 15.3. The van der Waals surface area contributed by atoms with Gasteiger partial charge in [0.15, 0.2) is 9.84 Å². The Morgan fingerprint density at radius 3 is 2.70 bits per heavy atom. The van der Waals surface area contributed by atoms with Gasteiger partial charge in [-0.2, -0.15) is 13.2 Å². The number of aryl methyl sites for hydroxylation is 1. The lowest BCUT2D eigenvalue weighted by Gasteiger charge is -2.34. The fourth-order valence-corrected chi connectivity index (χ4v) is 7.86. The van der Waals surface area contributed by atoms with Crippen LogP contribution in [0.5, 0.6) is 0 Å². The van der Waals surface area contributed by atoms with Crippen molar-refractivity contribution >= 4 is 44.4 Å². The van der Waals surface area contributed by atoms with Crippen LogP contribution >= 0.6 is 11.3 Å². The van der Waals surface area contributed by atoms with E-state index in [2.05, 4.69) is 38.5 Å². The van der Waals surface area contributed by atoms with Gasteiger partial charge in [0.05, 0.1) is 21.2 Å². The van der Waals surface area contributed by atoms with Gasteiger partial charge in [0.2, 0.25) is 5.95 Å². The van der Waals surface area contributed by atoms with Crippen molar-refractivity contribution in [2.45, 2.75) is 37.4 Å². The number of rotatable bonds is 5. The maximum atomic E-state index is 14.0. The smallest absolute Gasteiger partial charge is 0.369 e. The third-order valence-corrected chi connectivity index (χ3v) is 10.0. The number of halogens is 3. The van der Waals surface area contributed by atoms with Gasteiger partial charge in [-0.1, -0.05) is 6.92 Å². The van der Waals surface area contributed by atoms with Gasteiger partial charge in [0.25, 0.3) is 5.91 Å². The summed E-state index contributed by atoms with van der Waals surface area (Å²) in [6.07, 6.45) is -3.46. The second-order valence-corrected chi connectivity index (χ2v) is 13.1. The fourth-order valence-electron chi connectivity index (χ4n) is 4.83. The molecule has 1 unspecified atom stereocenters. The molecule has 1 aromatic carbocycles. The highest BCUT2D eigenvalue weighted by atomic mass is 32.2. The zero-order chi connectivity index (χ0) is 28.8. The molecule has 1 atom stereocenters. The fraction of sp³-hybridized carbons (Fsp3) is 0.423. The molecule has 1 saturated heterocycles. The number of hydrogen-bond donors (Lipinski definition) is 2. The summed E-state index contributed by atoms with van der Waals surface area (Å²) in [5, 5.41) is 6.46. The van der Waals surface area contributed by atoms with Gasteiger partial charge in [0.1, 0.15) is 10.4 Å². The number of sulfone groups is 1. The van der Waals surface area contributed by atoms with Gasteiger partial charge in [-0.15, -0.1) is 11.3 Å². The molecule has 40 heavy (non-hydrogen) atoms. The molecule has 2 aromatic heterocycles. The molecule has 3 aromatic rings. The zero-order valence-electron chi connectivity index (χ0n) is 22.2. The second kappa shape index (κ2) is 10.6. The first kappa shape index (κ1) is 28.3. The number of alkyl halides is 3. The van der Waals surface area contributed by atoms with E-state index in [4.69, 9.17) is 0 Å². The molecule has 2 aliphatic rings. The summed E-state index contributed by atoms with van der Waals surface area (Å²) >= 11 is 0.688. The van der Waals surface area contributed by atoms with E-state index in [0.717, 1.165) is 37.0 Å². The monoisotopic (exact) mass is 594 g/mol. The Hall–Kier alpha value is -3.23. The number of nitrogens with one attached hydrogen (secondary N) is 2. The van der Waals surface area contributed by atoms with Crippen molar-refractivity contribution in [3.05, 3.63) is 46.5 Å². The van der Waals surface area contributed by atoms with Crippen LogP contribution in [0.15, 0.2) is 35.4 Å². The zero-order valence-corrected chi connectivity index (χ0v) is 23.8. The Kier molecular flexibility index (Phi) is 7.52. The molecule has 4 heterocycles. The summed E-state index contributed by atoms with van der Waals surface area (Å²) in [5.74, 6) is -0.944. The molecule has 2 aliphatic heterocycles. The third-order valence-electron chi connectivity index (χ3n) is 7.05. The molecule has 214 valence electrons. The van der Waals surface area contributed by atoms with Gasteiger partial charge in [0, 0.05) is 56.8 Å². The summed E-state index contributed by atoms with van der Waals surface area (Å²) < 4.78 is 67.6. The van der Waals surface area contributed by atoms with Crippen molar-refractivity contribution in [1.29, 1.82) is 0 Å². The Labute approximate surface area is 234 Å². The lowest BCUT2D eigenvalue weighted by Crippen LogP contribution is -2.49. The lowest BCUT2D eigenvalue weighted by molar-refractivity contribution is -0.137. The van der Waals surface area contributed by atoms with Crippen molar-refractivity contribution < 1.29 is 26.4 Å². The van der Waals surface area contributed by atoms with Crippen LogP contribution in [0.1, 0.15) is 34.6 Å². The molecule has 0 bridgehead atoms. The molecule has 14 heteroatoms. The van der Waals surface area contributed by atoms with Gasteiger partial charge < -0.3 is 20.4 Å². The Balaban J connectivity index is 1.53. The van der Waals surface area contributed by atoms with Gasteiger partial charge in [-0.25, -0.2) is 18.4 Å². The summed E-state index contributed by atoms with van der Waals surface area (Å²) in [7, 11) is -2.41. The number of benzene rings is 1. The minimum absolute atomic E-state index is 0.000493. The van der Waals surface area contributed by atoms with E-state index in [1.54, 1.807) is 0 Å². The second-order valence-electron chi connectivity index (χ2n) is 9.92. The number of piperazine rings is 1. The normalized spacial score (nSPS) is 19.4. The van der Waals surface area contributed by atoms with Crippen molar-refractivity contribution in [2.24, 2.45) is 0 Å². The summed E-state index contributed by atoms with van der Waals surface area (Å²) in [6, 6.07) is 7.33. The maximum absolute atomic E-state index is 14.0. The minimum Gasteiger partial charge on any atom is -0.369 e. The average molecular weight is 595 g/mol. The number of hydrogen-bond acceptors (Lipinski definition) is 9. The molecule has 1 amide bonds. The topological polar surface area (TPSA) is 108 Å². The molecule has 9 nitrogen and oxygen atoms in total. The van der Waals surface area contributed by atoms with Crippen LogP contribution in [-0.4, -0.2) is 74.2 Å². The number of carbonyl (C=O) groups excluding carboxylic acids is 1. The molecule has 0 aliphatic carbocycles. The highest BCUT2D eigenvalue weighted by molar-refractivity contribution is 7.91. The number of carbonyl (C=O) groups is 1. The molecular formula is C26H29F3N6O3S2. The first-order chi connectivity index (χ1) is 18.9. The number of fused-ring (bicyclic) bond motifs is 1. The van der Waals surface area contributed by atoms with Crippen molar-refractivity contribution in [2.75, 3.05) is 49.2 Å². The van der Waals surface area contributed by atoms with Crippen molar-refractivity contribution in [1.82, 2.24) is 20.2 Å². The van der Waals surface area contributed by atoms with E-state index >= 15 is 0 Å². The SMILES string of the molecule is CCc1cc(N2CCNC(C)C2)ccc1Nc1ncc(C(F)(F)F)c(-c2cc3c(s2)C(=O)N(C)CCS3(=O)=O)n1. The standard InChI is InChI=1S/C26H29F3N6O3S2/c1-4-16-11-17(35-8-7-30-15(2)14-35)5-6-19(16)32-25-31-13-18(26(27,28)29)22(33-25)20-12-21-23(39-20)24(36)34(3)9-10-40(21,37)38/h5-6,11-13,15,30H,4,7-10,14H2,1-3H3,(H,31,32,33). The van der Waals surface area contributed by atoms with Gasteiger partial charge in [-0.3, -0.25) is 4.79 Å². The number of thiophene rings is 1. The minimum atomic E-state index is -4.80. The molecule has 0 radical (unpaired) electrons. The van der Waals surface area contributed by atoms with Crippen LogP contribution in [0.4, 0.5) is 30.5 Å². The molecule has 2 N–H and O–H groups in total. The van der Waals surface area contributed by atoms with E-state index in [9.17, 15) is 26.4 Å². The maximum Gasteiger partial charge on any atom is 0.420 e. The molecular weight excluding hydrogens is 565 g/mol. The van der Waals surface area contributed by atoms with Crippen molar-refractivity contribution in [3.8, 4) is 10.6 Å². The number of nitrogens with zero attached hydrogens (tertiary/aromatic N) is 4. The largest absolute Gasteiger partial charge is 0.420 e. The molecule has 1 fully saturated rings. The third kappa shape index (κ3) is 5.52. The van der Waals surface area contributed by atoms with Crippen LogP contribution in [0.3, 0.4) is 0 Å². The Bertz CT molecular complexity index is 1560. The van der Waals surface area contributed by atoms with Crippen LogP contribution in [-0.2, 0) is 22.4 Å². The van der Waals surface area contributed by atoms with Gasteiger partial charge in [-0.05, 0) is 43.2 Å². The van der Waals surface area contributed by atoms with Crippen LogP contribution in [0.25, 0.3) is 10.6 Å². The Morgan fingerprint density at radius 1 is 1.23 bits per heavy atom. The average Bonchev–Trinajstić information content (AvgIpc) is 3.35. The van der Waals surface area contributed by atoms with Crippen LogP contribution in [0.2, 0.25) is 0 Å². The van der Waals surface area contributed by atoms with E-state index < -0.39 is 33.2 Å². The summed E-state index contributed by atoms with van der Waals surface area (Å²) in [6.45, 7) is 6.71.